The van der Waals surface area contributed by atoms with Gasteiger partial charge >= 0.3 is 0 Å². The van der Waals surface area contributed by atoms with Crippen molar-refractivity contribution < 1.29 is 9.59 Å². The Balaban J connectivity index is 1.81. The summed E-state index contributed by atoms with van der Waals surface area (Å²) in [6.07, 6.45) is 4.67. The third-order valence-electron chi connectivity index (χ3n) is 7.58. The Kier molecular flexibility index (Phi) is 4.65. The second-order valence-electron chi connectivity index (χ2n) is 10.5. The van der Waals surface area contributed by atoms with E-state index in [0.717, 1.165) is 17.1 Å². The summed E-state index contributed by atoms with van der Waals surface area (Å²) in [6, 6.07) is 23.5. The highest BCUT2D eigenvalue weighted by atomic mass is 16.2. The van der Waals surface area contributed by atoms with E-state index in [9.17, 15) is 14.9 Å². The molecule has 1 atom stereocenters. The first-order valence-electron chi connectivity index (χ1n) is 12.1. The van der Waals surface area contributed by atoms with Crippen molar-refractivity contribution in [2.75, 3.05) is 16.8 Å². The maximum Gasteiger partial charge on any atom is 0.247 e. The molecule has 3 heterocycles. The minimum Gasteiger partial charge on any atom is -0.314 e. The summed E-state index contributed by atoms with van der Waals surface area (Å²) in [5.74, 6) is 0.231. The topological polar surface area (TPSA) is 69.3 Å². The summed E-state index contributed by atoms with van der Waals surface area (Å²) in [4.78, 5) is 32.1. The standard InChI is InChI=1S/C30H26N4O2/c1-29(2)17-24-26(25(35)18-29)30(21-13-7-8-14-23(21)32(3)28(30)36)22(19-31)27(33-15-9-10-16-33)34(24)20-11-5-4-6-12-20/h4-16H,17-18H2,1-3H3/t30-/m1/s1. The molecule has 6 rings (SSSR count). The van der Waals surface area contributed by atoms with Gasteiger partial charge in [-0.3, -0.25) is 14.5 Å². The van der Waals surface area contributed by atoms with Crippen molar-refractivity contribution in [3.63, 3.8) is 0 Å². The molecule has 2 aromatic carbocycles. The van der Waals surface area contributed by atoms with Gasteiger partial charge in [-0.25, -0.2) is 0 Å². The molecule has 1 spiro atoms. The van der Waals surface area contributed by atoms with Crippen LogP contribution in [0.1, 0.15) is 32.3 Å². The van der Waals surface area contributed by atoms with Crippen LogP contribution < -0.4 is 9.80 Å². The lowest BCUT2D eigenvalue weighted by molar-refractivity contribution is -0.124. The molecule has 0 fully saturated rings. The molecule has 6 heteroatoms. The van der Waals surface area contributed by atoms with E-state index in [1.165, 1.54) is 0 Å². The number of para-hydroxylation sites is 2. The first-order valence-corrected chi connectivity index (χ1v) is 12.1. The zero-order valence-electron chi connectivity index (χ0n) is 20.5. The van der Waals surface area contributed by atoms with Crippen LogP contribution in [-0.2, 0) is 15.0 Å². The van der Waals surface area contributed by atoms with Crippen molar-refractivity contribution in [3.8, 4) is 6.07 Å². The number of nitrogens with zero attached hydrogens (tertiary/aromatic N) is 4. The highest BCUT2D eigenvalue weighted by molar-refractivity contribution is 6.22. The monoisotopic (exact) mass is 474 g/mol. The van der Waals surface area contributed by atoms with Gasteiger partial charge in [0.05, 0.1) is 5.57 Å². The molecule has 3 aliphatic rings. The van der Waals surface area contributed by atoms with Crippen LogP contribution in [0.5, 0.6) is 0 Å². The number of hydrogen-bond donors (Lipinski definition) is 0. The summed E-state index contributed by atoms with van der Waals surface area (Å²) in [5, 5.41) is 10.8. The molecule has 0 unspecified atom stereocenters. The smallest absolute Gasteiger partial charge is 0.247 e. The average Bonchev–Trinajstić information content (AvgIpc) is 3.47. The van der Waals surface area contributed by atoms with E-state index in [2.05, 4.69) is 19.9 Å². The number of aromatic nitrogens is 1. The molecular weight excluding hydrogens is 448 g/mol. The summed E-state index contributed by atoms with van der Waals surface area (Å²) in [6.45, 7) is 4.17. The van der Waals surface area contributed by atoms with E-state index in [1.807, 2.05) is 88.6 Å². The van der Waals surface area contributed by atoms with Crippen molar-refractivity contribution in [3.05, 3.63) is 102 Å². The Hall–Kier alpha value is -4.37. The van der Waals surface area contributed by atoms with Crippen LogP contribution in [0.15, 0.2) is 96.0 Å². The first-order chi connectivity index (χ1) is 17.3. The van der Waals surface area contributed by atoms with E-state index >= 15 is 0 Å². The van der Waals surface area contributed by atoms with E-state index in [4.69, 9.17) is 0 Å². The number of carbonyl (C=O) groups is 2. The van der Waals surface area contributed by atoms with Gasteiger partial charge in [-0.05, 0) is 42.2 Å². The molecule has 3 aromatic rings. The molecule has 36 heavy (non-hydrogen) atoms. The van der Waals surface area contributed by atoms with Crippen molar-refractivity contribution in [2.24, 2.45) is 5.41 Å². The molecule has 0 N–H and O–H groups in total. The van der Waals surface area contributed by atoms with Crippen molar-refractivity contribution in [1.29, 1.82) is 5.26 Å². The van der Waals surface area contributed by atoms with Crippen molar-refractivity contribution in [2.45, 2.75) is 32.1 Å². The number of allylic oxidation sites excluding steroid dienone is 1. The largest absolute Gasteiger partial charge is 0.314 e. The second-order valence-corrected chi connectivity index (χ2v) is 10.5. The molecule has 1 amide bonds. The molecule has 1 aromatic heterocycles. The van der Waals surface area contributed by atoms with E-state index in [0.29, 0.717) is 29.8 Å². The van der Waals surface area contributed by atoms with Crippen LogP contribution in [0.4, 0.5) is 11.4 Å². The number of amides is 1. The highest BCUT2D eigenvalue weighted by Gasteiger charge is 2.63. The Bertz CT molecular complexity index is 1520. The normalized spacial score (nSPS) is 22.7. The van der Waals surface area contributed by atoms with Gasteiger partial charge in [0, 0.05) is 54.1 Å². The van der Waals surface area contributed by atoms with Gasteiger partial charge in [0.25, 0.3) is 0 Å². The number of anilines is 2. The van der Waals surface area contributed by atoms with Gasteiger partial charge in [-0.15, -0.1) is 0 Å². The SMILES string of the molecule is CN1C(=O)[C@@]2(C(C#N)=C(n3cccc3)N(c3ccccc3)C3=C2C(=O)CC(C)(C)C3)c2ccccc21. The maximum absolute atomic E-state index is 14.4. The minimum absolute atomic E-state index is 0.0834. The number of benzene rings is 2. The van der Waals surface area contributed by atoms with E-state index < -0.39 is 5.41 Å². The second kappa shape index (κ2) is 7.56. The third-order valence-corrected chi connectivity index (χ3v) is 7.58. The van der Waals surface area contributed by atoms with Gasteiger partial charge < -0.3 is 9.47 Å². The van der Waals surface area contributed by atoms with Crippen LogP contribution in [0.2, 0.25) is 0 Å². The Labute approximate surface area is 210 Å². The number of Topliss-reactive ketones (excluding diaryl/α,β-unsaturated/α-hetero) is 1. The summed E-state index contributed by atoms with van der Waals surface area (Å²) < 4.78 is 1.89. The van der Waals surface area contributed by atoms with E-state index in [-0.39, 0.29) is 22.7 Å². The quantitative estimate of drug-likeness (QED) is 0.508. The lowest BCUT2D eigenvalue weighted by Crippen LogP contribution is -2.52. The molecule has 178 valence electrons. The summed E-state index contributed by atoms with van der Waals surface area (Å²) in [7, 11) is 1.72. The number of fused-ring (bicyclic) bond motifs is 3. The number of nitriles is 1. The fourth-order valence-corrected chi connectivity index (χ4v) is 6.19. The van der Waals surface area contributed by atoms with Gasteiger partial charge in [0.1, 0.15) is 17.3 Å². The highest BCUT2D eigenvalue weighted by Crippen LogP contribution is 2.59. The summed E-state index contributed by atoms with van der Waals surface area (Å²) >= 11 is 0. The molecular formula is C30H26N4O2. The van der Waals surface area contributed by atoms with Crippen LogP contribution in [0.25, 0.3) is 5.82 Å². The predicted octanol–water partition coefficient (Wildman–Crippen LogP) is 5.26. The van der Waals surface area contributed by atoms with Crippen LogP contribution >= 0.6 is 0 Å². The molecule has 2 aliphatic heterocycles. The van der Waals surface area contributed by atoms with Crippen molar-refractivity contribution >= 4 is 28.9 Å². The average molecular weight is 475 g/mol. The molecule has 0 radical (unpaired) electrons. The van der Waals surface area contributed by atoms with Crippen LogP contribution in [0.3, 0.4) is 0 Å². The maximum atomic E-state index is 14.4. The molecule has 1 aliphatic carbocycles. The van der Waals surface area contributed by atoms with Gasteiger partial charge in [-0.2, -0.15) is 5.26 Å². The molecule has 0 bridgehead atoms. The summed E-state index contributed by atoms with van der Waals surface area (Å²) in [5.41, 5.74) is 1.93. The Morgan fingerprint density at radius 3 is 2.25 bits per heavy atom. The molecule has 0 saturated heterocycles. The fourth-order valence-electron chi connectivity index (χ4n) is 6.19. The number of carbonyl (C=O) groups excluding carboxylic acids is 2. The minimum atomic E-state index is -1.49. The number of rotatable bonds is 2. The van der Waals surface area contributed by atoms with Gasteiger partial charge in [0.2, 0.25) is 5.91 Å². The lowest BCUT2D eigenvalue weighted by atomic mass is 9.60. The molecule has 6 nitrogen and oxygen atoms in total. The first kappa shape index (κ1) is 22.1. The lowest BCUT2D eigenvalue weighted by Gasteiger charge is -2.47. The van der Waals surface area contributed by atoms with Gasteiger partial charge in [-0.1, -0.05) is 50.2 Å². The zero-order chi connectivity index (χ0) is 25.2. The van der Waals surface area contributed by atoms with Gasteiger partial charge in [0.15, 0.2) is 5.78 Å². The van der Waals surface area contributed by atoms with Crippen LogP contribution in [0, 0.1) is 16.7 Å². The van der Waals surface area contributed by atoms with E-state index in [1.54, 1.807) is 11.9 Å². The van der Waals surface area contributed by atoms with Crippen molar-refractivity contribution in [1.82, 2.24) is 4.57 Å². The Morgan fingerprint density at radius 2 is 1.56 bits per heavy atom. The fraction of sp³-hybridized carbons (Fsp3) is 0.233. The van der Waals surface area contributed by atoms with Crippen LogP contribution in [-0.4, -0.2) is 23.3 Å². The zero-order valence-corrected chi connectivity index (χ0v) is 20.5. The number of ketones is 1. The predicted molar refractivity (Wildman–Crippen MR) is 139 cm³/mol. The number of hydrogen-bond acceptors (Lipinski definition) is 4. The number of likely N-dealkylation sites (N-methyl/N-ethyl adjacent to an activating group) is 1. The molecule has 0 saturated carbocycles. The Morgan fingerprint density at radius 1 is 0.889 bits per heavy atom. The third kappa shape index (κ3) is 2.77.